The van der Waals surface area contributed by atoms with Crippen molar-refractivity contribution in [1.82, 2.24) is 9.80 Å². The summed E-state index contributed by atoms with van der Waals surface area (Å²) in [5.41, 5.74) is 3.63. The van der Waals surface area contributed by atoms with Gasteiger partial charge in [-0.05, 0) is 61.0 Å². The van der Waals surface area contributed by atoms with Crippen LogP contribution < -0.4 is 4.31 Å². The Morgan fingerprint density at radius 2 is 1.54 bits per heavy atom. The maximum Gasteiger partial charge on any atom is 0.233 e. The lowest BCUT2D eigenvalue weighted by molar-refractivity contribution is -0.133. The van der Waals surface area contributed by atoms with Crippen LogP contribution in [0.3, 0.4) is 0 Å². The number of likely N-dealkylation sites (N-methyl/N-ethyl adjacent to an activating group) is 1. The molecule has 6 rings (SSSR count). The van der Waals surface area contributed by atoms with E-state index in [0.29, 0.717) is 13.1 Å². The van der Waals surface area contributed by atoms with Gasteiger partial charge in [-0.2, -0.15) is 0 Å². The second-order valence-corrected chi connectivity index (χ2v) is 13.7. The zero-order chi connectivity index (χ0) is 27.3. The molecule has 2 heterocycles. The monoisotopic (exact) mass is 543 g/mol. The van der Waals surface area contributed by atoms with Crippen molar-refractivity contribution in [2.75, 3.05) is 43.8 Å². The molecule has 0 unspecified atom stereocenters. The quantitative estimate of drug-likeness (QED) is 0.443. The maximum atomic E-state index is 14.0. The molecule has 6 nitrogen and oxygen atoms in total. The van der Waals surface area contributed by atoms with Crippen LogP contribution in [0.25, 0.3) is 0 Å². The molecule has 1 amide bonds. The van der Waals surface area contributed by atoms with E-state index in [-0.39, 0.29) is 17.2 Å². The minimum atomic E-state index is -3.32. The molecule has 1 saturated carbocycles. The Labute approximate surface area is 232 Å². The van der Waals surface area contributed by atoms with Crippen molar-refractivity contribution in [3.05, 3.63) is 102 Å². The van der Waals surface area contributed by atoms with E-state index in [4.69, 9.17) is 0 Å². The van der Waals surface area contributed by atoms with Crippen LogP contribution in [-0.2, 0) is 32.2 Å². The molecule has 2 aliphatic heterocycles. The number of hydrogen-bond acceptors (Lipinski definition) is 4. The van der Waals surface area contributed by atoms with Gasteiger partial charge in [0.1, 0.15) is 0 Å². The van der Waals surface area contributed by atoms with Gasteiger partial charge in [0.2, 0.25) is 15.9 Å². The van der Waals surface area contributed by atoms with Crippen LogP contribution in [0.15, 0.2) is 84.9 Å². The Hall–Kier alpha value is -3.16. The second kappa shape index (κ2) is 9.79. The first-order chi connectivity index (χ1) is 18.7. The van der Waals surface area contributed by atoms with Gasteiger partial charge in [0.15, 0.2) is 0 Å². The number of piperidine rings is 1. The number of hydrogen-bond donors (Lipinski definition) is 0. The summed E-state index contributed by atoms with van der Waals surface area (Å²) in [5, 5.41) is 0. The van der Waals surface area contributed by atoms with Gasteiger partial charge in [0, 0.05) is 32.1 Å². The topological polar surface area (TPSA) is 60.9 Å². The molecule has 3 aromatic rings. The Bertz CT molecular complexity index is 1450. The normalized spacial score (nSPS) is 23.9. The molecule has 1 saturated heterocycles. The first-order valence-corrected chi connectivity index (χ1v) is 15.7. The third-order valence-electron chi connectivity index (χ3n) is 9.27. The molecular weight excluding hydrogens is 506 g/mol. The highest BCUT2D eigenvalue weighted by atomic mass is 32.2. The summed E-state index contributed by atoms with van der Waals surface area (Å²) in [7, 11) is -1.40. The molecule has 204 valence electrons. The summed E-state index contributed by atoms with van der Waals surface area (Å²) in [6.07, 6.45) is 4.01. The molecule has 3 aromatic carbocycles. The third-order valence-corrected chi connectivity index (χ3v) is 10.4. The highest BCUT2D eigenvalue weighted by molar-refractivity contribution is 7.92. The second-order valence-electron chi connectivity index (χ2n) is 11.8. The number of fused-ring (bicyclic) bond motifs is 2. The number of anilines is 1. The van der Waals surface area contributed by atoms with E-state index in [1.54, 1.807) is 4.31 Å². The molecule has 0 N–H and O–H groups in total. The van der Waals surface area contributed by atoms with E-state index in [1.165, 1.54) is 6.26 Å². The minimum Gasteiger partial charge on any atom is -0.341 e. The summed E-state index contributed by atoms with van der Waals surface area (Å²) in [6.45, 7) is 3.82. The standard InChI is InChI=1S/C32H37N3O3S/c1-33(22-25-11-5-3-6-12-25)30(36)32(26-13-7-4-8-14-26)21-27(32)23-34-19-17-31(18-20-34)24-35(39(2,37)38)29-16-10-9-15-28(29)31/h3-16,27H,17-24H2,1-2H3/t27-,32+/m0/s1. The SMILES string of the molecule is CN(Cc1ccccc1)C(=O)[C@@]1(c2ccccc2)C[C@H]1CN1CCC2(CC1)CN(S(C)(=O)=O)c1ccccc12. The largest absolute Gasteiger partial charge is 0.341 e. The predicted octanol–water partition coefficient (Wildman–Crippen LogP) is 4.42. The van der Waals surface area contributed by atoms with Crippen molar-refractivity contribution in [2.24, 2.45) is 5.92 Å². The van der Waals surface area contributed by atoms with Gasteiger partial charge in [0.05, 0.1) is 17.4 Å². The Morgan fingerprint density at radius 3 is 2.21 bits per heavy atom. The molecule has 39 heavy (non-hydrogen) atoms. The Kier molecular flexibility index (Phi) is 6.55. The molecule has 1 aliphatic carbocycles. The zero-order valence-electron chi connectivity index (χ0n) is 22.8. The number of likely N-dealkylation sites (tertiary alicyclic amines) is 1. The summed E-state index contributed by atoms with van der Waals surface area (Å²) >= 11 is 0. The van der Waals surface area contributed by atoms with E-state index >= 15 is 0 Å². The molecular formula is C32H37N3O3S. The van der Waals surface area contributed by atoms with E-state index in [2.05, 4.69) is 35.2 Å². The van der Waals surface area contributed by atoms with Gasteiger partial charge in [0.25, 0.3) is 0 Å². The minimum absolute atomic E-state index is 0.137. The van der Waals surface area contributed by atoms with Crippen LogP contribution >= 0.6 is 0 Å². The highest BCUT2D eigenvalue weighted by Crippen LogP contribution is 2.56. The smallest absolute Gasteiger partial charge is 0.233 e. The van der Waals surface area contributed by atoms with E-state index in [1.807, 2.05) is 66.5 Å². The first-order valence-electron chi connectivity index (χ1n) is 13.9. The number of rotatable bonds is 7. The number of sulfonamides is 1. The number of carbonyl (C=O) groups excluding carboxylic acids is 1. The predicted molar refractivity (Wildman–Crippen MR) is 155 cm³/mol. The fourth-order valence-corrected chi connectivity index (χ4v) is 8.08. The van der Waals surface area contributed by atoms with E-state index in [9.17, 15) is 13.2 Å². The summed E-state index contributed by atoms with van der Waals surface area (Å²) in [6, 6.07) is 28.5. The van der Waals surface area contributed by atoms with Gasteiger partial charge in [-0.15, -0.1) is 0 Å². The Balaban J connectivity index is 1.17. The van der Waals surface area contributed by atoms with Crippen molar-refractivity contribution in [2.45, 2.75) is 36.6 Å². The van der Waals surface area contributed by atoms with Crippen molar-refractivity contribution in [3.63, 3.8) is 0 Å². The zero-order valence-corrected chi connectivity index (χ0v) is 23.6. The average Bonchev–Trinajstić information content (AvgIpc) is 3.58. The highest BCUT2D eigenvalue weighted by Gasteiger charge is 2.62. The molecule has 0 radical (unpaired) electrons. The molecule has 7 heteroatoms. The van der Waals surface area contributed by atoms with Crippen LogP contribution in [0, 0.1) is 5.92 Å². The molecule has 2 atom stereocenters. The van der Waals surface area contributed by atoms with Gasteiger partial charge in [-0.1, -0.05) is 78.9 Å². The third kappa shape index (κ3) is 4.66. The Morgan fingerprint density at radius 1 is 0.923 bits per heavy atom. The maximum absolute atomic E-state index is 14.0. The van der Waals surface area contributed by atoms with Crippen molar-refractivity contribution >= 4 is 21.6 Å². The first kappa shape index (κ1) is 26.1. The molecule has 2 fully saturated rings. The van der Waals surface area contributed by atoms with Crippen LogP contribution in [0.2, 0.25) is 0 Å². The van der Waals surface area contributed by atoms with Gasteiger partial charge >= 0.3 is 0 Å². The van der Waals surface area contributed by atoms with Gasteiger partial charge in [-0.3, -0.25) is 9.10 Å². The molecule has 0 bridgehead atoms. The summed E-state index contributed by atoms with van der Waals surface area (Å²) < 4.78 is 26.7. The van der Waals surface area contributed by atoms with Crippen LogP contribution in [-0.4, -0.2) is 63.6 Å². The number of benzene rings is 3. The summed E-state index contributed by atoms with van der Waals surface area (Å²) in [5.74, 6) is 0.465. The lowest BCUT2D eigenvalue weighted by Gasteiger charge is -2.40. The van der Waals surface area contributed by atoms with Crippen molar-refractivity contribution in [3.8, 4) is 0 Å². The molecule has 1 spiro atoms. The lowest BCUT2D eigenvalue weighted by Crippen LogP contribution is -2.47. The van der Waals surface area contributed by atoms with Crippen LogP contribution in [0.4, 0.5) is 5.69 Å². The fraction of sp³-hybridized carbons (Fsp3) is 0.406. The average molecular weight is 544 g/mol. The van der Waals surface area contributed by atoms with E-state index < -0.39 is 15.4 Å². The van der Waals surface area contributed by atoms with E-state index in [0.717, 1.165) is 61.3 Å². The number of para-hydroxylation sites is 1. The lowest BCUT2D eigenvalue weighted by atomic mass is 9.74. The summed E-state index contributed by atoms with van der Waals surface area (Å²) in [4.78, 5) is 18.4. The molecule has 0 aromatic heterocycles. The number of carbonyl (C=O) groups is 1. The van der Waals surface area contributed by atoms with Crippen molar-refractivity contribution < 1.29 is 13.2 Å². The van der Waals surface area contributed by atoms with Gasteiger partial charge < -0.3 is 9.80 Å². The van der Waals surface area contributed by atoms with Crippen molar-refractivity contribution in [1.29, 1.82) is 0 Å². The fourth-order valence-electron chi connectivity index (χ4n) is 7.08. The number of nitrogens with zero attached hydrogens (tertiary/aromatic N) is 3. The van der Waals surface area contributed by atoms with Gasteiger partial charge in [-0.25, -0.2) is 8.42 Å². The van der Waals surface area contributed by atoms with Crippen LogP contribution in [0.5, 0.6) is 0 Å². The molecule has 3 aliphatic rings. The van der Waals surface area contributed by atoms with Crippen LogP contribution in [0.1, 0.15) is 36.0 Å². The number of amides is 1.